The van der Waals surface area contributed by atoms with E-state index in [-0.39, 0.29) is 11.4 Å². The summed E-state index contributed by atoms with van der Waals surface area (Å²) in [4.78, 5) is 30.8. The lowest BCUT2D eigenvalue weighted by molar-refractivity contribution is -0.384. The van der Waals surface area contributed by atoms with Crippen LogP contribution >= 0.6 is 0 Å². The summed E-state index contributed by atoms with van der Waals surface area (Å²) >= 11 is 0. The molecule has 0 fully saturated rings. The summed E-state index contributed by atoms with van der Waals surface area (Å²) in [6, 6.07) is 6.04. The number of fused-ring (bicyclic) bond motifs is 1. The van der Waals surface area contributed by atoms with E-state index in [2.05, 4.69) is 15.3 Å². The van der Waals surface area contributed by atoms with Crippen molar-refractivity contribution in [2.24, 2.45) is 0 Å². The Kier molecular flexibility index (Phi) is 3.71. The first-order valence-corrected chi connectivity index (χ1v) is 6.86. The average Bonchev–Trinajstić information content (AvgIpc) is 3.08. The van der Waals surface area contributed by atoms with Gasteiger partial charge in [-0.05, 0) is 18.6 Å². The second kappa shape index (κ2) is 5.84. The van der Waals surface area contributed by atoms with Crippen LogP contribution in [0.25, 0.3) is 10.9 Å². The molecule has 116 valence electrons. The zero-order valence-electron chi connectivity index (χ0n) is 12.1. The van der Waals surface area contributed by atoms with Crippen molar-refractivity contribution in [1.82, 2.24) is 9.97 Å². The minimum absolute atomic E-state index is 0.0690. The number of aromatic nitrogens is 2. The lowest BCUT2D eigenvalue weighted by Gasteiger charge is -2.09. The Morgan fingerprint density at radius 2 is 2.22 bits per heavy atom. The molecule has 2 heterocycles. The number of nitrogens with zero attached hydrogens (tertiary/aromatic N) is 3. The number of nitro benzene ring substituents is 1. The van der Waals surface area contributed by atoms with Gasteiger partial charge in [-0.3, -0.25) is 19.9 Å². The van der Waals surface area contributed by atoms with Gasteiger partial charge in [-0.1, -0.05) is 6.92 Å². The predicted octanol–water partition coefficient (Wildman–Crippen LogP) is 2.95. The van der Waals surface area contributed by atoms with E-state index in [9.17, 15) is 14.9 Å². The first-order chi connectivity index (χ1) is 11.1. The van der Waals surface area contributed by atoms with E-state index in [4.69, 9.17) is 4.42 Å². The summed E-state index contributed by atoms with van der Waals surface area (Å²) in [6.45, 7) is 1.93. The van der Waals surface area contributed by atoms with Gasteiger partial charge < -0.3 is 9.73 Å². The van der Waals surface area contributed by atoms with Crippen molar-refractivity contribution >= 4 is 28.2 Å². The molecule has 3 rings (SSSR count). The topological polar surface area (TPSA) is 111 Å². The van der Waals surface area contributed by atoms with E-state index in [1.807, 2.05) is 6.92 Å². The quantitative estimate of drug-likeness (QED) is 0.585. The first-order valence-electron chi connectivity index (χ1n) is 6.86. The smallest absolute Gasteiger partial charge is 0.277 e. The summed E-state index contributed by atoms with van der Waals surface area (Å²) in [5, 5.41) is 14.2. The summed E-state index contributed by atoms with van der Waals surface area (Å²) in [6.07, 6.45) is 3.05. The fourth-order valence-electron chi connectivity index (χ4n) is 2.18. The minimum Gasteiger partial charge on any atom is -0.451 e. The van der Waals surface area contributed by atoms with Gasteiger partial charge in [0.1, 0.15) is 6.26 Å². The summed E-state index contributed by atoms with van der Waals surface area (Å²) in [7, 11) is 0. The molecule has 23 heavy (non-hydrogen) atoms. The van der Waals surface area contributed by atoms with Crippen molar-refractivity contribution in [3.63, 3.8) is 0 Å². The number of carbonyl (C=O) groups excluding carboxylic acids is 1. The lowest BCUT2D eigenvalue weighted by atomic mass is 10.1. The molecule has 1 aromatic carbocycles. The largest absolute Gasteiger partial charge is 0.451 e. The maximum Gasteiger partial charge on any atom is 0.277 e. The van der Waals surface area contributed by atoms with Crippen LogP contribution in [0.5, 0.6) is 0 Å². The Morgan fingerprint density at radius 1 is 1.39 bits per heavy atom. The number of anilines is 1. The number of pyridine rings is 1. The summed E-state index contributed by atoms with van der Waals surface area (Å²) < 4.78 is 4.78. The molecule has 8 heteroatoms. The van der Waals surface area contributed by atoms with Gasteiger partial charge in [0, 0.05) is 23.2 Å². The number of hydrogen-bond donors (Lipinski definition) is 1. The molecule has 8 nitrogen and oxygen atoms in total. The van der Waals surface area contributed by atoms with Crippen LogP contribution in [0.2, 0.25) is 0 Å². The van der Waals surface area contributed by atoms with E-state index in [0.717, 1.165) is 12.1 Å². The van der Waals surface area contributed by atoms with Crippen LogP contribution < -0.4 is 5.32 Å². The number of aryl methyl sites for hydroxylation is 1. The third-order valence-electron chi connectivity index (χ3n) is 3.33. The fraction of sp³-hybridized carbons (Fsp3) is 0.133. The van der Waals surface area contributed by atoms with Gasteiger partial charge in [-0.25, -0.2) is 4.98 Å². The van der Waals surface area contributed by atoms with E-state index in [0.29, 0.717) is 23.0 Å². The van der Waals surface area contributed by atoms with Gasteiger partial charge in [0.2, 0.25) is 0 Å². The molecule has 0 saturated carbocycles. The third-order valence-corrected chi connectivity index (χ3v) is 3.33. The molecule has 3 aromatic rings. The molecule has 0 bridgehead atoms. The van der Waals surface area contributed by atoms with Crippen molar-refractivity contribution in [3.8, 4) is 0 Å². The number of nitrogens with one attached hydrogen (secondary N) is 1. The molecule has 0 aliphatic heterocycles. The Hall–Kier alpha value is -3.29. The summed E-state index contributed by atoms with van der Waals surface area (Å²) in [5.41, 5.74) is 1.84. The standard InChI is InChI=1S/C15H12N4O4/c1-2-9-5-13(18-15(20)14-7-23-8-16-14)11-6-10(19(21)22)3-4-12(11)17-9/h3-8H,2H2,1H3,(H,17,18,20). The highest BCUT2D eigenvalue weighted by Crippen LogP contribution is 2.28. The van der Waals surface area contributed by atoms with Gasteiger partial charge in [-0.2, -0.15) is 0 Å². The van der Waals surface area contributed by atoms with Gasteiger partial charge in [0.15, 0.2) is 12.1 Å². The monoisotopic (exact) mass is 312 g/mol. The SMILES string of the molecule is CCc1cc(NC(=O)c2cocn2)c2cc([N+](=O)[O-])ccc2n1. The Balaban J connectivity index is 2.10. The van der Waals surface area contributed by atoms with Crippen molar-refractivity contribution in [2.45, 2.75) is 13.3 Å². The van der Waals surface area contributed by atoms with Crippen LogP contribution in [-0.4, -0.2) is 20.8 Å². The number of nitro groups is 1. The predicted molar refractivity (Wildman–Crippen MR) is 82.2 cm³/mol. The van der Waals surface area contributed by atoms with Gasteiger partial charge >= 0.3 is 0 Å². The molecular weight excluding hydrogens is 300 g/mol. The number of rotatable bonds is 4. The maximum absolute atomic E-state index is 12.1. The van der Waals surface area contributed by atoms with Gasteiger partial charge in [0.25, 0.3) is 11.6 Å². The zero-order chi connectivity index (χ0) is 16.4. The molecule has 0 aliphatic rings. The zero-order valence-corrected chi connectivity index (χ0v) is 12.1. The fourth-order valence-corrected chi connectivity index (χ4v) is 2.18. The molecule has 0 atom stereocenters. The Morgan fingerprint density at radius 3 is 2.87 bits per heavy atom. The molecule has 0 saturated heterocycles. The molecule has 1 N–H and O–H groups in total. The maximum atomic E-state index is 12.1. The second-order valence-electron chi connectivity index (χ2n) is 4.80. The second-order valence-corrected chi connectivity index (χ2v) is 4.80. The molecule has 0 spiro atoms. The van der Waals surface area contributed by atoms with Crippen LogP contribution in [0, 0.1) is 10.1 Å². The number of carbonyl (C=O) groups is 1. The molecule has 1 amide bonds. The van der Waals surface area contributed by atoms with Crippen LogP contribution in [0.15, 0.2) is 41.3 Å². The Labute approximate surface area is 130 Å². The van der Waals surface area contributed by atoms with Crippen molar-refractivity contribution in [1.29, 1.82) is 0 Å². The van der Waals surface area contributed by atoms with Crippen molar-refractivity contribution in [3.05, 3.63) is 58.4 Å². The number of non-ortho nitro benzene ring substituents is 1. The highest BCUT2D eigenvalue weighted by atomic mass is 16.6. The van der Waals surface area contributed by atoms with E-state index < -0.39 is 10.8 Å². The first kappa shape index (κ1) is 14.6. The molecule has 0 unspecified atom stereocenters. The number of oxazole rings is 1. The molecule has 0 aliphatic carbocycles. The highest BCUT2D eigenvalue weighted by molar-refractivity contribution is 6.07. The lowest BCUT2D eigenvalue weighted by Crippen LogP contribution is -2.13. The minimum atomic E-state index is -0.490. The van der Waals surface area contributed by atoms with Crippen LogP contribution in [0.1, 0.15) is 23.1 Å². The van der Waals surface area contributed by atoms with Crippen LogP contribution in [0.3, 0.4) is 0 Å². The Bertz CT molecular complexity index is 890. The third kappa shape index (κ3) is 2.86. The number of hydrogen-bond acceptors (Lipinski definition) is 6. The highest BCUT2D eigenvalue weighted by Gasteiger charge is 2.15. The number of amides is 1. The van der Waals surface area contributed by atoms with E-state index >= 15 is 0 Å². The van der Waals surface area contributed by atoms with Crippen molar-refractivity contribution in [2.75, 3.05) is 5.32 Å². The molecule has 2 aromatic heterocycles. The van der Waals surface area contributed by atoms with Crippen molar-refractivity contribution < 1.29 is 14.1 Å². The van der Waals surface area contributed by atoms with E-state index in [1.54, 1.807) is 12.1 Å². The van der Waals surface area contributed by atoms with Crippen LogP contribution in [0.4, 0.5) is 11.4 Å². The van der Waals surface area contributed by atoms with E-state index in [1.165, 1.54) is 18.4 Å². The molecular formula is C15H12N4O4. The summed E-state index contributed by atoms with van der Waals surface area (Å²) in [5.74, 6) is -0.459. The number of benzene rings is 1. The average molecular weight is 312 g/mol. The van der Waals surface area contributed by atoms with Gasteiger partial charge in [-0.15, -0.1) is 0 Å². The van der Waals surface area contributed by atoms with Crippen LogP contribution in [-0.2, 0) is 6.42 Å². The molecule has 0 radical (unpaired) electrons. The van der Waals surface area contributed by atoms with Gasteiger partial charge in [0.05, 0.1) is 16.1 Å². The normalized spacial score (nSPS) is 10.7.